The van der Waals surface area contributed by atoms with E-state index in [9.17, 15) is 14.4 Å². The molecule has 0 aliphatic rings. The van der Waals surface area contributed by atoms with Gasteiger partial charge in [-0.3, -0.25) is 24.0 Å². The van der Waals surface area contributed by atoms with E-state index >= 15 is 0 Å². The predicted molar refractivity (Wildman–Crippen MR) is 124 cm³/mol. The van der Waals surface area contributed by atoms with E-state index in [0.717, 1.165) is 20.7 Å². The largest absolute Gasteiger partial charge is 0.332 e. The first kappa shape index (κ1) is 22.0. The van der Waals surface area contributed by atoms with Crippen LogP contribution in [0.3, 0.4) is 0 Å². The minimum absolute atomic E-state index is 0.0596. The van der Waals surface area contributed by atoms with Crippen LogP contribution in [0, 0.1) is 13.8 Å². The lowest BCUT2D eigenvalue weighted by Crippen LogP contribution is -2.37. The molecule has 0 unspecified atom stereocenters. The summed E-state index contributed by atoms with van der Waals surface area (Å²) in [6, 6.07) is 7.94. The average Bonchev–Trinajstić information content (AvgIpc) is 3.34. The molecule has 1 amide bonds. The number of anilines is 1. The maximum absolute atomic E-state index is 12.9. The van der Waals surface area contributed by atoms with E-state index in [1.54, 1.807) is 18.5 Å². The van der Waals surface area contributed by atoms with Crippen LogP contribution in [0.4, 0.5) is 5.13 Å². The van der Waals surface area contributed by atoms with Gasteiger partial charge in [-0.15, -0.1) is 10.2 Å². The molecule has 0 aliphatic carbocycles. The maximum Gasteiger partial charge on any atom is 0.332 e. The SMILES string of the molecule is Cc1ccc(Cn2c(SCC(=O)Nc3nnc(C)s3)nc3c2c(=O)n(C)c(=O)n3C)cc1. The first-order valence-electron chi connectivity index (χ1n) is 9.69. The number of benzene rings is 1. The molecule has 10 nitrogen and oxygen atoms in total. The van der Waals surface area contributed by atoms with Gasteiger partial charge < -0.3 is 4.57 Å². The van der Waals surface area contributed by atoms with Gasteiger partial charge in [0, 0.05) is 14.1 Å². The number of rotatable bonds is 6. The smallest absolute Gasteiger partial charge is 0.309 e. The Morgan fingerprint density at radius 3 is 2.47 bits per heavy atom. The summed E-state index contributed by atoms with van der Waals surface area (Å²) in [5, 5.41) is 12.1. The molecule has 0 radical (unpaired) electrons. The van der Waals surface area contributed by atoms with Crippen molar-refractivity contribution in [1.82, 2.24) is 28.9 Å². The zero-order chi connectivity index (χ0) is 23.0. The summed E-state index contributed by atoms with van der Waals surface area (Å²) in [6.07, 6.45) is 0. The fourth-order valence-electron chi connectivity index (χ4n) is 3.19. The van der Waals surface area contributed by atoms with Crippen LogP contribution in [0.1, 0.15) is 16.1 Å². The van der Waals surface area contributed by atoms with Gasteiger partial charge in [-0.25, -0.2) is 9.78 Å². The molecule has 32 heavy (non-hydrogen) atoms. The topological polar surface area (TPSA) is 117 Å². The van der Waals surface area contributed by atoms with E-state index in [-0.39, 0.29) is 17.3 Å². The Morgan fingerprint density at radius 1 is 1.09 bits per heavy atom. The molecular formula is C20H21N7O3S2. The van der Waals surface area contributed by atoms with Crippen LogP contribution in [0.15, 0.2) is 39.0 Å². The van der Waals surface area contributed by atoms with Crippen LogP contribution < -0.4 is 16.6 Å². The summed E-state index contributed by atoms with van der Waals surface area (Å²) in [5.74, 6) is -0.203. The number of aromatic nitrogens is 6. The summed E-state index contributed by atoms with van der Waals surface area (Å²) in [7, 11) is 3.02. The van der Waals surface area contributed by atoms with E-state index in [2.05, 4.69) is 20.5 Å². The van der Waals surface area contributed by atoms with Crippen LogP contribution in [0.2, 0.25) is 0 Å². The number of fused-ring (bicyclic) bond motifs is 1. The van der Waals surface area contributed by atoms with Gasteiger partial charge in [0.25, 0.3) is 5.56 Å². The zero-order valence-electron chi connectivity index (χ0n) is 17.9. The molecule has 3 heterocycles. The molecule has 4 aromatic rings. The third-order valence-electron chi connectivity index (χ3n) is 4.88. The second kappa shape index (κ2) is 8.71. The highest BCUT2D eigenvalue weighted by Crippen LogP contribution is 2.24. The number of nitrogens with zero attached hydrogens (tertiary/aromatic N) is 6. The summed E-state index contributed by atoms with van der Waals surface area (Å²) in [5.41, 5.74) is 1.82. The first-order chi connectivity index (χ1) is 15.2. The Labute approximate surface area is 190 Å². The molecule has 0 saturated carbocycles. The Kier molecular flexibility index (Phi) is 5.98. The summed E-state index contributed by atoms with van der Waals surface area (Å²) < 4.78 is 4.17. The van der Waals surface area contributed by atoms with E-state index in [0.29, 0.717) is 22.3 Å². The summed E-state index contributed by atoms with van der Waals surface area (Å²) >= 11 is 2.48. The molecule has 0 bridgehead atoms. The predicted octanol–water partition coefficient (Wildman–Crippen LogP) is 1.68. The third kappa shape index (κ3) is 4.23. The van der Waals surface area contributed by atoms with Gasteiger partial charge in [0.1, 0.15) is 5.01 Å². The number of nitrogens with one attached hydrogen (secondary N) is 1. The van der Waals surface area contributed by atoms with Crippen LogP contribution in [0.25, 0.3) is 11.2 Å². The van der Waals surface area contributed by atoms with Gasteiger partial charge in [-0.1, -0.05) is 52.9 Å². The van der Waals surface area contributed by atoms with E-state index in [1.165, 1.54) is 34.7 Å². The van der Waals surface area contributed by atoms with Crippen molar-refractivity contribution in [3.63, 3.8) is 0 Å². The number of hydrogen-bond acceptors (Lipinski definition) is 8. The van der Waals surface area contributed by atoms with Crippen LogP contribution in [-0.4, -0.2) is 40.5 Å². The normalized spacial score (nSPS) is 11.2. The molecule has 0 spiro atoms. The molecule has 1 N–H and O–H groups in total. The summed E-state index contributed by atoms with van der Waals surface area (Å²) in [4.78, 5) is 42.3. The van der Waals surface area contributed by atoms with Crippen LogP contribution in [-0.2, 0) is 25.4 Å². The van der Waals surface area contributed by atoms with Gasteiger partial charge >= 0.3 is 5.69 Å². The van der Waals surface area contributed by atoms with Gasteiger partial charge in [-0.05, 0) is 19.4 Å². The number of amides is 1. The minimum Gasteiger partial charge on any atom is -0.309 e. The third-order valence-corrected chi connectivity index (χ3v) is 6.61. The van der Waals surface area contributed by atoms with E-state index < -0.39 is 11.2 Å². The molecule has 1 aromatic carbocycles. The Bertz CT molecular complexity index is 1430. The van der Waals surface area contributed by atoms with Gasteiger partial charge in [-0.2, -0.15) is 0 Å². The molecule has 0 aliphatic heterocycles. The molecule has 3 aromatic heterocycles. The van der Waals surface area contributed by atoms with Crippen molar-refractivity contribution in [2.24, 2.45) is 14.1 Å². The number of carbonyl (C=O) groups is 1. The Balaban J connectivity index is 1.71. The van der Waals surface area contributed by atoms with Crippen molar-refractivity contribution < 1.29 is 4.79 Å². The molecule has 0 saturated heterocycles. The monoisotopic (exact) mass is 471 g/mol. The molecular weight excluding hydrogens is 450 g/mol. The van der Waals surface area contributed by atoms with Crippen molar-refractivity contribution >= 4 is 45.3 Å². The lowest BCUT2D eigenvalue weighted by molar-refractivity contribution is -0.113. The second-order valence-electron chi connectivity index (χ2n) is 7.31. The quantitative estimate of drug-likeness (QED) is 0.425. The van der Waals surface area contributed by atoms with Crippen LogP contribution in [0.5, 0.6) is 0 Å². The molecule has 166 valence electrons. The fourth-order valence-corrected chi connectivity index (χ4v) is 4.60. The number of imidazole rings is 1. The fraction of sp³-hybridized carbons (Fsp3) is 0.300. The standard InChI is InChI=1S/C20H21N7O3S2/c1-11-5-7-13(8-6-11)9-27-15-16(25(3)20(30)26(4)17(15)29)22-19(27)31-10-14(28)21-18-24-23-12(2)32-18/h5-8H,9-10H2,1-4H3,(H,21,24,28). The van der Waals surface area contributed by atoms with Gasteiger partial charge in [0.05, 0.1) is 12.3 Å². The van der Waals surface area contributed by atoms with Crippen molar-refractivity contribution in [2.75, 3.05) is 11.1 Å². The van der Waals surface area contributed by atoms with Gasteiger partial charge in [0.2, 0.25) is 11.0 Å². The minimum atomic E-state index is -0.455. The Hall–Kier alpha value is -3.25. The van der Waals surface area contributed by atoms with Gasteiger partial charge in [0.15, 0.2) is 16.3 Å². The van der Waals surface area contributed by atoms with Crippen molar-refractivity contribution in [3.05, 3.63) is 61.2 Å². The lowest BCUT2D eigenvalue weighted by atomic mass is 10.1. The average molecular weight is 472 g/mol. The highest BCUT2D eigenvalue weighted by Gasteiger charge is 2.20. The van der Waals surface area contributed by atoms with E-state index in [4.69, 9.17) is 0 Å². The summed E-state index contributed by atoms with van der Waals surface area (Å²) in [6.45, 7) is 4.19. The van der Waals surface area contributed by atoms with Crippen molar-refractivity contribution in [1.29, 1.82) is 0 Å². The number of hydrogen-bond donors (Lipinski definition) is 1. The van der Waals surface area contributed by atoms with Crippen LogP contribution >= 0.6 is 23.1 Å². The zero-order valence-corrected chi connectivity index (χ0v) is 19.6. The lowest BCUT2D eigenvalue weighted by Gasteiger charge is -2.10. The number of thioether (sulfide) groups is 1. The highest BCUT2D eigenvalue weighted by molar-refractivity contribution is 7.99. The Morgan fingerprint density at radius 2 is 1.81 bits per heavy atom. The molecule has 0 fully saturated rings. The van der Waals surface area contributed by atoms with E-state index in [1.807, 2.05) is 31.2 Å². The maximum atomic E-state index is 12.9. The highest BCUT2D eigenvalue weighted by atomic mass is 32.2. The van der Waals surface area contributed by atoms with Crippen molar-refractivity contribution in [3.8, 4) is 0 Å². The molecule has 12 heteroatoms. The molecule has 0 atom stereocenters. The number of carbonyl (C=O) groups excluding carboxylic acids is 1. The number of aryl methyl sites for hydroxylation is 3. The molecule has 4 rings (SSSR count). The van der Waals surface area contributed by atoms with Crippen molar-refractivity contribution in [2.45, 2.75) is 25.5 Å². The second-order valence-corrected chi connectivity index (χ2v) is 9.43. The first-order valence-corrected chi connectivity index (χ1v) is 11.5.